The van der Waals surface area contributed by atoms with Gasteiger partial charge >= 0.3 is 0 Å². The van der Waals surface area contributed by atoms with Crippen molar-refractivity contribution in [1.29, 1.82) is 0 Å². The van der Waals surface area contributed by atoms with E-state index in [2.05, 4.69) is 21.2 Å². The third-order valence-electron chi connectivity index (χ3n) is 1.88. The summed E-state index contributed by atoms with van der Waals surface area (Å²) in [6, 6.07) is 1.76. The lowest BCUT2D eigenvalue weighted by Gasteiger charge is -2.01. The maximum absolute atomic E-state index is 11.6. The minimum Gasteiger partial charge on any atom is -0.466 e. The predicted octanol–water partition coefficient (Wildman–Crippen LogP) is 2.41. The summed E-state index contributed by atoms with van der Waals surface area (Å²) in [7, 11) is 0. The van der Waals surface area contributed by atoms with E-state index in [4.69, 9.17) is 4.42 Å². The van der Waals surface area contributed by atoms with Crippen LogP contribution in [0.4, 0.5) is 0 Å². The summed E-state index contributed by atoms with van der Waals surface area (Å²) >= 11 is 3.30. The number of aryl methyl sites for hydroxylation is 2. The van der Waals surface area contributed by atoms with Gasteiger partial charge in [-0.1, -0.05) is 15.9 Å². The molecule has 0 saturated carbocycles. The number of furan rings is 1. The lowest BCUT2D eigenvalue weighted by atomic mass is 10.2. The molecule has 0 fully saturated rings. The molecule has 14 heavy (non-hydrogen) atoms. The molecule has 1 aromatic heterocycles. The van der Waals surface area contributed by atoms with Gasteiger partial charge in [0.05, 0.1) is 5.56 Å². The molecule has 3 nitrogen and oxygen atoms in total. The molecule has 0 saturated heterocycles. The van der Waals surface area contributed by atoms with Crippen LogP contribution in [0.15, 0.2) is 10.5 Å². The number of carbonyl (C=O) groups excluding carboxylic acids is 1. The van der Waals surface area contributed by atoms with Crippen LogP contribution in [0.5, 0.6) is 0 Å². The smallest absolute Gasteiger partial charge is 0.254 e. The van der Waals surface area contributed by atoms with Crippen LogP contribution in [0.1, 0.15) is 28.3 Å². The van der Waals surface area contributed by atoms with E-state index in [1.54, 1.807) is 13.0 Å². The highest BCUT2D eigenvalue weighted by Gasteiger charge is 2.12. The molecule has 0 aromatic carbocycles. The maximum Gasteiger partial charge on any atom is 0.254 e. The molecular formula is C10H14BrNO2. The van der Waals surface area contributed by atoms with Gasteiger partial charge in [0.25, 0.3) is 5.91 Å². The monoisotopic (exact) mass is 259 g/mol. The van der Waals surface area contributed by atoms with Gasteiger partial charge in [0.15, 0.2) is 0 Å². The van der Waals surface area contributed by atoms with E-state index in [1.165, 1.54) is 0 Å². The topological polar surface area (TPSA) is 42.2 Å². The molecule has 1 rings (SSSR count). The van der Waals surface area contributed by atoms with Crippen LogP contribution in [0.25, 0.3) is 0 Å². The molecular weight excluding hydrogens is 246 g/mol. The Bertz CT molecular complexity index is 320. The van der Waals surface area contributed by atoms with E-state index in [-0.39, 0.29) is 5.91 Å². The number of halogens is 1. The molecule has 4 heteroatoms. The summed E-state index contributed by atoms with van der Waals surface area (Å²) in [4.78, 5) is 11.6. The molecule has 0 unspecified atom stereocenters. The van der Waals surface area contributed by atoms with Crippen LogP contribution >= 0.6 is 15.9 Å². The van der Waals surface area contributed by atoms with Gasteiger partial charge in [0.2, 0.25) is 0 Å². The molecule has 0 bridgehead atoms. The van der Waals surface area contributed by atoms with E-state index in [0.717, 1.165) is 17.5 Å². The fourth-order valence-electron chi connectivity index (χ4n) is 1.22. The molecule has 0 aliphatic rings. The minimum atomic E-state index is -0.0553. The summed E-state index contributed by atoms with van der Waals surface area (Å²) < 4.78 is 5.27. The first-order chi connectivity index (χ1) is 6.65. The molecule has 1 N–H and O–H groups in total. The number of alkyl halides is 1. The number of rotatable bonds is 4. The predicted molar refractivity (Wildman–Crippen MR) is 58.9 cm³/mol. The second-order valence-corrected chi connectivity index (χ2v) is 3.92. The Morgan fingerprint density at radius 2 is 2.29 bits per heavy atom. The third kappa shape index (κ3) is 2.87. The molecule has 0 radical (unpaired) electrons. The standard InChI is InChI=1S/C10H14BrNO2/c1-7-6-9(8(2)14-7)10(13)12-5-3-4-11/h6H,3-5H2,1-2H3,(H,12,13). The summed E-state index contributed by atoms with van der Waals surface area (Å²) in [5.74, 6) is 1.40. The van der Waals surface area contributed by atoms with Gasteiger partial charge in [-0.15, -0.1) is 0 Å². The lowest BCUT2D eigenvalue weighted by Crippen LogP contribution is -2.24. The Morgan fingerprint density at radius 3 is 2.79 bits per heavy atom. The molecule has 0 atom stereocenters. The van der Waals surface area contributed by atoms with E-state index >= 15 is 0 Å². The van der Waals surface area contributed by atoms with Crippen LogP contribution in [-0.2, 0) is 0 Å². The van der Waals surface area contributed by atoms with Crippen LogP contribution < -0.4 is 5.32 Å². The van der Waals surface area contributed by atoms with Crippen LogP contribution in [-0.4, -0.2) is 17.8 Å². The van der Waals surface area contributed by atoms with E-state index in [9.17, 15) is 4.79 Å². The van der Waals surface area contributed by atoms with E-state index in [1.807, 2.05) is 6.92 Å². The lowest BCUT2D eigenvalue weighted by molar-refractivity contribution is 0.0952. The van der Waals surface area contributed by atoms with Crippen LogP contribution in [0, 0.1) is 13.8 Å². The van der Waals surface area contributed by atoms with Gasteiger partial charge in [-0.05, 0) is 26.3 Å². The van der Waals surface area contributed by atoms with E-state index in [0.29, 0.717) is 17.9 Å². The van der Waals surface area contributed by atoms with Crippen molar-refractivity contribution in [1.82, 2.24) is 5.32 Å². The van der Waals surface area contributed by atoms with Crippen molar-refractivity contribution in [3.63, 3.8) is 0 Å². The van der Waals surface area contributed by atoms with Crippen LogP contribution in [0.3, 0.4) is 0 Å². The Labute approximate surface area is 92.0 Å². The van der Waals surface area contributed by atoms with Gasteiger partial charge in [-0.3, -0.25) is 4.79 Å². The summed E-state index contributed by atoms with van der Waals surface area (Å²) in [6.07, 6.45) is 0.932. The largest absolute Gasteiger partial charge is 0.466 e. The number of hydrogen-bond donors (Lipinski definition) is 1. The van der Waals surface area contributed by atoms with Crippen molar-refractivity contribution >= 4 is 21.8 Å². The molecule has 0 aliphatic heterocycles. The number of hydrogen-bond acceptors (Lipinski definition) is 2. The van der Waals surface area contributed by atoms with Crippen molar-refractivity contribution in [3.8, 4) is 0 Å². The van der Waals surface area contributed by atoms with Gasteiger partial charge in [0.1, 0.15) is 11.5 Å². The average molecular weight is 260 g/mol. The van der Waals surface area contributed by atoms with Crippen LogP contribution in [0.2, 0.25) is 0 Å². The number of amides is 1. The van der Waals surface area contributed by atoms with Crippen molar-refractivity contribution in [3.05, 3.63) is 23.2 Å². The first kappa shape index (κ1) is 11.3. The van der Waals surface area contributed by atoms with Crippen molar-refractivity contribution in [2.45, 2.75) is 20.3 Å². The first-order valence-electron chi connectivity index (χ1n) is 4.56. The normalized spacial score (nSPS) is 10.2. The zero-order valence-corrected chi connectivity index (χ0v) is 9.98. The summed E-state index contributed by atoms with van der Waals surface area (Å²) in [5, 5.41) is 3.72. The van der Waals surface area contributed by atoms with Gasteiger partial charge in [-0.2, -0.15) is 0 Å². The third-order valence-corrected chi connectivity index (χ3v) is 2.44. The SMILES string of the molecule is Cc1cc(C(=O)NCCCBr)c(C)o1. The highest BCUT2D eigenvalue weighted by atomic mass is 79.9. The quantitative estimate of drug-likeness (QED) is 0.667. The fraction of sp³-hybridized carbons (Fsp3) is 0.500. The molecule has 1 heterocycles. The maximum atomic E-state index is 11.6. The van der Waals surface area contributed by atoms with E-state index < -0.39 is 0 Å². The Hall–Kier alpha value is -0.770. The zero-order valence-electron chi connectivity index (χ0n) is 8.39. The number of nitrogens with one attached hydrogen (secondary N) is 1. The fourth-order valence-corrected chi connectivity index (χ4v) is 1.50. The van der Waals surface area contributed by atoms with Crippen molar-refractivity contribution < 1.29 is 9.21 Å². The Balaban J connectivity index is 2.56. The highest BCUT2D eigenvalue weighted by Crippen LogP contribution is 2.13. The Morgan fingerprint density at radius 1 is 1.57 bits per heavy atom. The molecule has 0 aliphatic carbocycles. The Kier molecular flexibility index (Phi) is 4.20. The molecule has 1 aromatic rings. The average Bonchev–Trinajstić information content (AvgIpc) is 2.45. The highest BCUT2D eigenvalue weighted by molar-refractivity contribution is 9.09. The minimum absolute atomic E-state index is 0.0553. The first-order valence-corrected chi connectivity index (χ1v) is 5.68. The molecule has 78 valence electrons. The second-order valence-electron chi connectivity index (χ2n) is 3.13. The van der Waals surface area contributed by atoms with Gasteiger partial charge in [0, 0.05) is 11.9 Å². The van der Waals surface area contributed by atoms with Crippen molar-refractivity contribution in [2.24, 2.45) is 0 Å². The number of carbonyl (C=O) groups is 1. The molecule has 0 spiro atoms. The van der Waals surface area contributed by atoms with Crippen molar-refractivity contribution in [2.75, 3.05) is 11.9 Å². The van der Waals surface area contributed by atoms with Gasteiger partial charge in [-0.25, -0.2) is 0 Å². The second kappa shape index (κ2) is 5.20. The van der Waals surface area contributed by atoms with Gasteiger partial charge < -0.3 is 9.73 Å². The summed E-state index contributed by atoms with van der Waals surface area (Å²) in [5.41, 5.74) is 0.636. The summed E-state index contributed by atoms with van der Waals surface area (Å²) in [6.45, 7) is 4.32. The zero-order chi connectivity index (χ0) is 10.6. The molecule has 1 amide bonds.